The fourth-order valence-corrected chi connectivity index (χ4v) is 5.10. The lowest BCUT2D eigenvalue weighted by molar-refractivity contribution is -0.0387. The van der Waals surface area contributed by atoms with E-state index < -0.39 is 0 Å². The van der Waals surface area contributed by atoms with E-state index in [9.17, 15) is 0 Å². The third-order valence-electron chi connectivity index (χ3n) is 7.29. The van der Waals surface area contributed by atoms with Gasteiger partial charge in [0.05, 0.1) is 38.6 Å². The Hall–Kier alpha value is -0.160. The first kappa shape index (κ1) is 18.2. The molecule has 0 amide bonds. The summed E-state index contributed by atoms with van der Waals surface area (Å²) in [5.41, 5.74) is 0.454. The maximum Gasteiger partial charge on any atom is 0.104 e. The van der Waals surface area contributed by atoms with Gasteiger partial charge >= 0.3 is 0 Å². The Labute approximate surface area is 152 Å². The van der Waals surface area contributed by atoms with Gasteiger partial charge in [0.15, 0.2) is 0 Å². The Bertz CT molecular complexity index is 376. The van der Waals surface area contributed by atoms with Crippen LogP contribution in [0.4, 0.5) is 0 Å². The first-order chi connectivity index (χ1) is 12.1. The van der Waals surface area contributed by atoms with Gasteiger partial charge in [-0.1, -0.05) is 13.8 Å². The van der Waals surface area contributed by atoms with E-state index in [-0.39, 0.29) is 0 Å². The topological polar surface area (TPSA) is 43.5 Å². The molecule has 0 spiro atoms. The van der Waals surface area contributed by atoms with Crippen molar-refractivity contribution in [2.75, 3.05) is 26.4 Å². The Morgan fingerprint density at radius 3 is 1.36 bits per heavy atom. The van der Waals surface area contributed by atoms with Crippen molar-refractivity contribution in [3.63, 3.8) is 0 Å². The lowest BCUT2D eigenvalue weighted by atomic mass is 9.60. The SMILES string of the molecule is CC(C)(C1CCC(OC[C@H]2CO2)CC1)C1CCC(OC[C@H]2CO2)CC1. The van der Waals surface area contributed by atoms with E-state index in [1.165, 1.54) is 51.4 Å². The lowest BCUT2D eigenvalue weighted by Gasteiger charge is -2.46. The van der Waals surface area contributed by atoms with Gasteiger partial charge in [0.2, 0.25) is 0 Å². The Balaban J connectivity index is 1.18. The maximum atomic E-state index is 6.03. The molecule has 2 saturated heterocycles. The molecule has 0 aromatic heterocycles. The zero-order valence-electron chi connectivity index (χ0n) is 16.1. The van der Waals surface area contributed by atoms with Crippen molar-refractivity contribution in [3.8, 4) is 0 Å². The van der Waals surface area contributed by atoms with Gasteiger partial charge in [-0.2, -0.15) is 0 Å². The fourth-order valence-electron chi connectivity index (χ4n) is 5.10. The predicted molar refractivity (Wildman–Crippen MR) is 96.7 cm³/mol. The summed E-state index contributed by atoms with van der Waals surface area (Å²) in [6, 6.07) is 0. The second-order valence-corrected chi connectivity index (χ2v) is 9.35. The molecule has 2 atom stereocenters. The van der Waals surface area contributed by atoms with Gasteiger partial charge in [0.25, 0.3) is 0 Å². The van der Waals surface area contributed by atoms with E-state index in [2.05, 4.69) is 13.8 Å². The van der Waals surface area contributed by atoms with Crippen LogP contribution in [0.3, 0.4) is 0 Å². The summed E-state index contributed by atoms with van der Waals surface area (Å²) in [7, 11) is 0. The largest absolute Gasteiger partial charge is 0.375 e. The van der Waals surface area contributed by atoms with Crippen LogP contribution in [0.25, 0.3) is 0 Å². The van der Waals surface area contributed by atoms with Crippen molar-refractivity contribution < 1.29 is 18.9 Å². The van der Waals surface area contributed by atoms with Crippen LogP contribution in [0.2, 0.25) is 0 Å². The summed E-state index contributed by atoms with van der Waals surface area (Å²) in [6.45, 7) is 8.50. The van der Waals surface area contributed by atoms with Crippen molar-refractivity contribution in [1.82, 2.24) is 0 Å². The highest BCUT2D eigenvalue weighted by Crippen LogP contribution is 2.48. The number of rotatable bonds is 8. The van der Waals surface area contributed by atoms with Gasteiger partial charge in [-0.25, -0.2) is 0 Å². The molecule has 2 heterocycles. The number of epoxide rings is 2. The second kappa shape index (κ2) is 7.84. The fraction of sp³-hybridized carbons (Fsp3) is 1.00. The Morgan fingerprint density at radius 1 is 0.680 bits per heavy atom. The second-order valence-electron chi connectivity index (χ2n) is 9.35. The molecule has 2 aliphatic carbocycles. The monoisotopic (exact) mass is 352 g/mol. The third-order valence-corrected chi connectivity index (χ3v) is 7.29. The molecule has 2 saturated carbocycles. The molecule has 0 aromatic carbocycles. The summed E-state index contributed by atoms with van der Waals surface area (Å²) in [6.07, 6.45) is 12.0. The average Bonchev–Trinajstić information content (AvgIpc) is 3.54. The van der Waals surface area contributed by atoms with Crippen molar-refractivity contribution >= 4 is 0 Å². The van der Waals surface area contributed by atoms with Crippen LogP contribution in [0.15, 0.2) is 0 Å². The summed E-state index contributed by atoms with van der Waals surface area (Å²) >= 11 is 0. The van der Waals surface area contributed by atoms with Crippen LogP contribution >= 0.6 is 0 Å². The van der Waals surface area contributed by atoms with Crippen molar-refractivity contribution in [3.05, 3.63) is 0 Å². The maximum absolute atomic E-state index is 6.03. The molecular formula is C21H36O4. The quantitative estimate of drug-likeness (QED) is 0.620. The molecule has 0 bridgehead atoms. The van der Waals surface area contributed by atoms with Crippen molar-refractivity contribution in [2.45, 2.75) is 89.6 Å². The Kier molecular flexibility index (Phi) is 5.71. The summed E-state index contributed by atoms with van der Waals surface area (Å²) in [5, 5.41) is 0. The summed E-state index contributed by atoms with van der Waals surface area (Å²) in [5.74, 6) is 1.71. The number of ether oxygens (including phenoxy) is 4. The molecule has 4 rings (SSSR count). The third kappa shape index (κ3) is 4.97. The zero-order valence-corrected chi connectivity index (χ0v) is 16.1. The minimum absolute atomic E-state index is 0.401. The molecule has 144 valence electrons. The molecule has 0 radical (unpaired) electrons. The molecule has 2 aliphatic heterocycles. The van der Waals surface area contributed by atoms with E-state index in [1.807, 2.05) is 0 Å². The highest BCUT2D eigenvalue weighted by molar-refractivity contribution is 4.91. The number of hydrogen-bond donors (Lipinski definition) is 0. The van der Waals surface area contributed by atoms with E-state index >= 15 is 0 Å². The standard InChI is InChI=1S/C21H36O4/c1-21(2,15-3-7-17(8-4-15)22-11-19-13-24-19)16-5-9-18(10-6-16)23-12-20-14-25-20/h15-20H,3-14H2,1-2H3/t15?,16?,17?,18?,19-,20-/m0/s1. The molecule has 4 aliphatic rings. The van der Waals surface area contributed by atoms with Crippen molar-refractivity contribution in [2.24, 2.45) is 17.3 Å². The van der Waals surface area contributed by atoms with E-state index in [0.29, 0.717) is 29.8 Å². The van der Waals surface area contributed by atoms with Gasteiger partial charge in [0.1, 0.15) is 12.2 Å². The van der Waals surface area contributed by atoms with Crippen LogP contribution in [0, 0.1) is 17.3 Å². The number of hydrogen-bond acceptors (Lipinski definition) is 4. The average molecular weight is 353 g/mol. The summed E-state index contributed by atoms with van der Waals surface area (Å²) in [4.78, 5) is 0. The first-order valence-electron chi connectivity index (χ1n) is 10.6. The van der Waals surface area contributed by atoms with Crippen molar-refractivity contribution in [1.29, 1.82) is 0 Å². The molecule has 25 heavy (non-hydrogen) atoms. The smallest absolute Gasteiger partial charge is 0.104 e. The van der Waals surface area contributed by atoms with Gasteiger partial charge in [0, 0.05) is 0 Å². The zero-order chi connectivity index (χ0) is 17.3. The van der Waals surface area contributed by atoms with Crippen LogP contribution in [-0.2, 0) is 18.9 Å². The highest BCUT2D eigenvalue weighted by Gasteiger charge is 2.41. The van der Waals surface area contributed by atoms with E-state index in [4.69, 9.17) is 18.9 Å². The minimum Gasteiger partial charge on any atom is -0.375 e. The first-order valence-corrected chi connectivity index (χ1v) is 10.6. The van der Waals surface area contributed by atoms with Gasteiger partial charge in [-0.3, -0.25) is 0 Å². The molecule has 4 nitrogen and oxygen atoms in total. The van der Waals surface area contributed by atoms with Crippen LogP contribution in [0.5, 0.6) is 0 Å². The van der Waals surface area contributed by atoms with Gasteiger partial charge in [-0.15, -0.1) is 0 Å². The van der Waals surface area contributed by atoms with E-state index in [1.54, 1.807) is 0 Å². The van der Waals surface area contributed by atoms with Gasteiger partial charge in [-0.05, 0) is 68.6 Å². The normalized spacial score (nSPS) is 41.5. The van der Waals surface area contributed by atoms with Crippen LogP contribution in [-0.4, -0.2) is 50.8 Å². The molecule has 4 heteroatoms. The molecular weight excluding hydrogens is 316 g/mol. The van der Waals surface area contributed by atoms with Gasteiger partial charge < -0.3 is 18.9 Å². The summed E-state index contributed by atoms with van der Waals surface area (Å²) < 4.78 is 22.6. The highest BCUT2D eigenvalue weighted by atomic mass is 16.6. The van der Waals surface area contributed by atoms with Crippen LogP contribution in [0.1, 0.15) is 65.2 Å². The van der Waals surface area contributed by atoms with E-state index in [0.717, 1.165) is 38.3 Å². The molecule has 0 aromatic rings. The molecule has 0 unspecified atom stereocenters. The minimum atomic E-state index is 0.401. The van der Waals surface area contributed by atoms with Crippen LogP contribution < -0.4 is 0 Å². The molecule has 0 N–H and O–H groups in total. The Morgan fingerprint density at radius 2 is 1.04 bits per heavy atom. The lowest BCUT2D eigenvalue weighted by Crippen LogP contribution is -2.39. The predicted octanol–water partition coefficient (Wildman–Crippen LogP) is 3.96. The molecule has 4 fully saturated rings.